The highest BCUT2D eigenvalue weighted by atomic mass is 35.5. The monoisotopic (exact) mass is 412 g/mol. The number of alkyl halides is 1. The van der Waals surface area contributed by atoms with Gasteiger partial charge < -0.3 is 14.6 Å². The van der Waals surface area contributed by atoms with E-state index in [2.05, 4.69) is 26.4 Å². The number of hydrogen-bond donors (Lipinski definition) is 1. The molecule has 0 spiro atoms. The molecular formula is C18H25ClN4O3S. The molecule has 1 amide bonds. The van der Waals surface area contributed by atoms with Gasteiger partial charge in [-0.2, -0.15) is 4.98 Å². The molecule has 1 aliphatic rings. The minimum atomic E-state index is -0.490. The summed E-state index contributed by atoms with van der Waals surface area (Å²) in [7, 11) is 0. The minimum Gasteiger partial charge on any atom is -0.449 e. The molecule has 0 atom stereocenters. The third kappa shape index (κ3) is 6.48. The number of nitrogens with one attached hydrogen (secondary N) is 1. The lowest BCUT2D eigenvalue weighted by molar-refractivity contribution is 0.147. The zero-order valence-corrected chi connectivity index (χ0v) is 16.9. The van der Waals surface area contributed by atoms with Crippen molar-refractivity contribution in [2.75, 3.05) is 32.1 Å². The average molecular weight is 413 g/mol. The second-order valence-electron chi connectivity index (χ2n) is 6.47. The van der Waals surface area contributed by atoms with Crippen molar-refractivity contribution in [2.24, 2.45) is 0 Å². The Morgan fingerprint density at radius 2 is 2.11 bits per heavy atom. The van der Waals surface area contributed by atoms with Gasteiger partial charge >= 0.3 is 6.09 Å². The van der Waals surface area contributed by atoms with Gasteiger partial charge in [0.2, 0.25) is 0 Å². The number of amides is 1. The van der Waals surface area contributed by atoms with Gasteiger partial charge in [-0.15, -0.1) is 22.9 Å². The van der Waals surface area contributed by atoms with Crippen LogP contribution in [0.25, 0.3) is 10.8 Å². The van der Waals surface area contributed by atoms with E-state index < -0.39 is 6.09 Å². The molecule has 1 saturated heterocycles. The van der Waals surface area contributed by atoms with Crippen LogP contribution in [0.1, 0.15) is 36.4 Å². The number of thiophene rings is 1. The van der Waals surface area contributed by atoms with Crippen molar-refractivity contribution < 1.29 is 14.1 Å². The van der Waals surface area contributed by atoms with Crippen molar-refractivity contribution in [3.63, 3.8) is 0 Å². The summed E-state index contributed by atoms with van der Waals surface area (Å²) in [6.45, 7) is 3.91. The van der Waals surface area contributed by atoms with E-state index in [1.54, 1.807) is 11.3 Å². The highest BCUT2D eigenvalue weighted by Crippen LogP contribution is 2.28. The van der Waals surface area contributed by atoms with E-state index in [1.807, 2.05) is 6.07 Å². The molecule has 7 nitrogen and oxygen atoms in total. The fraction of sp³-hybridized carbons (Fsp3) is 0.611. The van der Waals surface area contributed by atoms with Crippen LogP contribution in [0.5, 0.6) is 0 Å². The summed E-state index contributed by atoms with van der Waals surface area (Å²) < 4.78 is 10.4. The van der Waals surface area contributed by atoms with Crippen molar-refractivity contribution in [3.05, 3.63) is 22.8 Å². The summed E-state index contributed by atoms with van der Waals surface area (Å²) in [5, 5.41) is 6.50. The Morgan fingerprint density at radius 3 is 2.89 bits per heavy atom. The molecule has 3 heterocycles. The van der Waals surface area contributed by atoms with Crippen LogP contribution in [-0.2, 0) is 17.7 Å². The first kappa shape index (κ1) is 20.1. The Balaban J connectivity index is 1.48. The summed E-state index contributed by atoms with van der Waals surface area (Å²) in [4.78, 5) is 20.6. The molecule has 2 aromatic heterocycles. The van der Waals surface area contributed by atoms with Crippen LogP contribution >= 0.6 is 22.9 Å². The number of hydrogen-bond acceptors (Lipinski definition) is 7. The van der Waals surface area contributed by atoms with E-state index in [0.717, 1.165) is 11.4 Å². The van der Waals surface area contributed by atoms with Gasteiger partial charge in [0.05, 0.1) is 4.88 Å². The predicted octanol–water partition coefficient (Wildman–Crippen LogP) is 3.68. The molecule has 27 heavy (non-hydrogen) atoms. The van der Waals surface area contributed by atoms with Gasteiger partial charge in [0, 0.05) is 30.3 Å². The van der Waals surface area contributed by atoms with Crippen molar-refractivity contribution in [1.29, 1.82) is 0 Å². The van der Waals surface area contributed by atoms with Gasteiger partial charge in [-0.3, -0.25) is 4.90 Å². The van der Waals surface area contributed by atoms with Gasteiger partial charge in [-0.1, -0.05) is 18.0 Å². The molecule has 0 radical (unpaired) electrons. The lowest BCUT2D eigenvalue weighted by atomic mass is 10.2. The fourth-order valence-corrected chi connectivity index (χ4v) is 4.05. The summed E-state index contributed by atoms with van der Waals surface area (Å²) in [6.07, 6.45) is 5.18. The number of carbonyl (C=O) groups excluding carboxylic acids is 1. The Labute approximate surface area is 168 Å². The van der Waals surface area contributed by atoms with Gasteiger partial charge in [0.25, 0.3) is 5.89 Å². The highest BCUT2D eigenvalue weighted by molar-refractivity contribution is 7.15. The van der Waals surface area contributed by atoms with E-state index in [9.17, 15) is 4.79 Å². The molecule has 148 valence electrons. The molecule has 1 fully saturated rings. The normalized spacial score (nSPS) is 15.4. The number of carbonyl (C=O) groups is 1. The first-order valence-corrected chi connectivity index (χ1v) is 10.7. The minimum absolute atomic E-state index is 0.192. The van der Waals surface area contributed by atoms with Crippen LogP contribution < -0.4 is 5.32 Å². The standard InChI is InChI=1S/C18H25ClN4O3S/c19-8-9-20-18(24)25-12-7-16-21-17(26-22-16)15-6-5-14(27-15)13-23-10-3-1-2-4-11-23/h5-6H,1-4,7-13H2,(H,20,24). The molecule has 2 aromatic rings. The summed E-state index contributed by atoms with van der Waals surface area (Å²) in [5.74, 6) is 1.39. The van der Waals surface area contributed by atoms with Crippen LogP contribution in [-0.4, -0.2) is 53.3 Å². The molecule has 0 saturated carbocycles. The number of halogens is 1. The smallest absolute Gasteiger partial charge is 0.407 e. The highest BCUT2D eigenvalue weighted by Gasteiger charge is 2.14. The lowest BCUT2D eigenvalue weighted by Crippen LogP contribution is -2.26. The maximum atomic E-state index is 11.3. The third-order valence-corrected chi connectivity index (χ3v) is 5.59. The molecule has 9 heteroatoms. The van der Waals surface area contributed by atoms with Gasteiger partial charge in [0.1, 0.15) is 6.61 Å². The van der Waals surface area contributed by atoms with Gasteiger partial charge in [-0.05, 0) is 38.1 Å². The zero-order valence-electron chi connectivity index (χ0n) is 15.3. The first-order valence-electron chi connectivity index (χ1n) is 9.35. The lowest BCUT2D eigenvalue weighted by Gasteiger charge is -2.18. The number of aromatic nitrogens is 2. The number of rotatable bonds is 8. The third-order valence-electron chi connectivity index (χ3n) is 4.34. The molecule has 1 N–H and O–H groups in total. The van der Waals surface area contributed by atoms with E-state index in [1.165, 1.54) is 43.6 Å². The molecule has 0 aromatic carbocycles. The van der Waals surface area contributed by atoms with E-state index in [4.69, 9.17) is 20.9 Å². The Hall–Kier alpha value is -1.64. The van der Waals surface area contributed by atoms with Crippen molar-refractivity contribution in [3.8, 4) is 10.8 Å². The summed E-state index contributed by atoms with van der Waals surface area (Å²) >= 11 is 7.19. The van der Waals surface area contributed by atoms with Crippen LogP contribution in [0.3, 0.4) is 0 Å². The molecule has 3 rings (SSSR count). The van der Waals surface area contributed by atoms with Crippen LogP contribution in [0, 0.1) is 0 Å². The SMILES string of the molecule is O=C(NCCCl)OCCc1noc(-c2ccc(CN3CCCCCC3)s2)n1. The quantitative estimate of drug-likeness (QED) is 0.666. The fourth-order valence-electron chi connectivity index (χ4n) is 2.98. The first-order chi connectivity index (χ1) is 13.2. The zero-order chi connectivity index (χ0) is 18.9. The maximum Gasteiger partial charge on any atom is 0.407 e. The number of likely N-dealkylation sites (tertiary alicyclic amines) is 1. The number of nitrogens with zero attached hydrogens (tertiary/aromatic N) is 3. The molecular weight excluding hydrogens is 388 g/mol. The van der Waals surface area contributed by atoms with Crippen LogP contribution in [0.4, 0.5) is 4.79 Å². The van der Waals surface area contributed by atoms with Crippen molar-refractivity contribution >= 4 is 29.0 Å². The second kappa shape index (κ2) is 10.6. The molecule has 1 aliphatic heterocycles. The summed E-state index contributed by atoms with van der Waals surface area (Å²) in [5.41, 5.74) is 0. The number of ether oxygens (including phenoxy) is 1. The molecule has 0 unspecified atom stereocenters. The summed E-state index contributed by atoms with van der Waals surface area (Å²) in [6, 6.07) is 4.17. The van der Waals surface area contributed by atoms with Crippen LogP contribution in [0.15, 0.2) is 16.7 Å². The van der Waals surface area contributed by atoms with Crippen LogP contribution in [0.2, 0.25) is 0 Å². The van der Waals surface area contributed by atoms with Gasteiger partial charge in [0.15, 0.2) is 5.82 Å². The Morgan fingerprint density at radius 1 is 1.30 bits per heavy atom. The maximum absolute atomic E-state index is 11.3. The average Bonchev–Trinajstić information content (AvgIpc) is 3.24. The Bertz CT molecular complexity index is 713. The van der Waals surface area contributed by atoms with Crippen molar-refractivity contribution in [1.82, 2.24) is 20.4 Å². The molecule has 0 aliphatic carbocycles. The largest absolute Gasteiger partial charge is 0.449 e. The van der Waals surface area contributed by atoms with Gasteiger partial charge in [-0.25, -0.2) is 4.79 Å². The van der Waals surface area contributed by atoms with E-state index in [-0.39, 0.29) is 6.61 Å². The second-order valence-corrected chi connectivity index (χ2v) is 8.02. The topological polar surface area (TPSA) is 80.5 Å². The van der Waals surface area contributed by atoms with E-state index >= 15 is 0 Å². The van der Waals surface area contributed by atoms with E-state index in [0.29, 0.717) is 30.6 Å². The Kier molecular flexibility index (Phi) is 7.92. The number of alkyl carbamates (subject to hydrolysis) is 1. The van der Waals surface area contributed by atoms with Crippen molar-refractivity contribution in [2.45, 2.75) is 38.6 Å². The molecule has 0 bridgehead atoms. The predicted molar refractivity (Wildman–Crippen MR) is 105 cm³/mol.